The molecule has 4 heteroatoms. The lowest BCUT2D eigenvalue weighted by Gasteiger charge is -2.43. The van der Waals surface area contributed by atoms with Crippen LogP contribution in [0.2, 0.25) is 0 Å². The summed E-state index contributed by atoms with van der Waals surface area (Å²) >= 11 is 0. The number of piperidine rings is 1. The molecule has 4 nitrogen and oxygen atoms in total. The van der Waals surface area contributed by atoms with Gasteiger partial charge in [-0.1, -0.05) is 33.6 Å². The molecule has 1 saturated carbocycles. The Morgan fingerprint density at radius 1 is 1.17 bits per heavy atom. The molecule has 1 aromatic heterocycles. The number of nitrogens with one attached hydrogen (secondary N) is 1. The second-order valence-electron chi connectivity index (χ2n) is 9.28. The number of hydrogen-bond donors (Lipinski definition) is 1. The first-order valence-electron chi connectivity index (χ1n) is 9.77. The molecule has 1 saturated heterocycles. The van der Waals surface area contributed by atoms with Crippen LogP contribution in [-0.2, 0) is 17.3 Å². The minimum absolute atomic E-state index is 0.111. The molecule has 132 valence electrons. The first-order valence-corrected chi connectivity index (χ1v) is 9.77. The van der Waals surface area contributed by atoms with Gasteiger partial charge in [-0.15, -0.1) is 0 Å². The molecule has 0 radical (unpaired) electrons. The van der Waals surface area contributed by atoms with E-state index in [1.54, 1.807) is 0 Å². The molecule has 1 atom stereocenters. The zero-order valence-corrected chi connectivity index (χ0v) is 15.5. The highest BCUT2D eigenvalue weighted by molar-refractivity contribution is 5.34. The Morgan fingerprint density at radius 3 is 2.62 bits per heavy atom. The van der Waals surface area contributed by atoms with Crippen LogP contribution in [0, 0.1) is 0 Å². The van der Waals surface area contributed by atoms with E-state index in [4.69, 9.17) is 4.98 Å². The number of aromatic nitrogens is 2. The molecule has 0 bridgehead atoms. The average Bonchev–Trinajstić information content (AvgIpc) is 3.16. The van der Waals surface area contributed by atoms with Gasteiger partial charge in [0, 0.05) is 29.0 Å². The molecule has 2 aliphatic carbocycles. The van der Waals surface area contributed by atoms with Gasteiger partial charge < -0.3 is 4.98 Å². The molecule has 2 fully saturated rings. The molecule has 1 aromatic rings. The first kappa shape index (κ1) is 16.3. The summed E-state index contributed by atoms with van der Waals surface area (Å²) in [6.45, 7) is 8.74. The van der Waals surface area contributed by atoms with Crippen LogP contribution < -0.4 is 5.56 Å². The van der Waals surface area contributed by atoms with Crippen LogP contribution in [0.1, 0.15) is 82.8 Å². The summed E-state index contributed by atoms with van der Waals surface area (Å²) in [6, 6.07) is 0.773. The van der Waals surface area contributed by atoms with E-state index in [0.29, 0.717) is 0 Å². The van der Waals surface area contributed by atoms with Crippen LogP contribution in [0.15, 0.2) is 4.79 Å². The van der Waals surface area contributed by atoms with Crippen molar-refractivity contribution in [1.82, 2.24) is 14.9 Å². The van der Waals surface area contributed by atoms with Gasteiger partial charge in [-0.2, -0.15) is 0 Å². The maximum Gasteiger partial charge on any atom is 0.254 e. The van der Waals surface area contributed by atoms with Crippen molar-refractivity contribution in [2.45, 2.75) is 89.0 Å². The highest BCUT2D eigenvalue weighted by Gasteiger charge is 2.46. The number of likely N-dealkylation sites (tertiary alicyclic amines) is 1. The lowest BCUT2D eigenvalue weighted by molar-refractivity contribution is 0.101. The van der Waals surface area contributed by atoms with E-state index in [1.165, 1.54) is 45.1 Å². The molecular weight excluding hydrogens is 298 g/mol. The smallest absolute Gasteiger partial charge is 0.254 e. The lowest BCUT2D eigenvalue weighted by atomic mass is 9.77. The predicted octanol–water partition coefficient (Wildman–Crippen LogP) is 3.29. The first-order chi connectivity index (χ1) is 11.4. The van der Waals surface area contributed by atoms with Crippen molar-refractivity contribution in [3.05, 3.63) is 27.4 Å². The zero-order chi connectivity index (χ0) is 16.9. The van der Waals surface area contributed by atoms with E-state index in [9.17, 15) is 4.79 Å². The van der Waals surface area contributed by atoms with Crippen LogP contribution in [0.3, 0.4) is 0 Å². The third-order valence-electron chi connectivity index (χ3n) is 6.53. The molecule has 1 N–H and O–H groups in total. The van der Waals surface area contributed by atoms with Crippen molar-refractivity contribution in [2.24, 2.45) is 0 Å². The zero-order valence-electron chi connectivity index (χ0n) is 15.5. The molecule has 0 aromatic carbocycles. The standard InChI is InChI=1S/C20H31N3O/c1-19(2,3)18-21-16-15(17(24)22-18)9-11-20(16)10-6-12-23(13-20)14-7-4-5-8-14/h14H,4-13H2,1-3H3,(H,21,22,24). The minimum Gasteiger partial charge on any atom is -0.310 e. The van der Waals surface area contributed by atoms with Crippen LogP contribution >= 0.6 is 0 Å². The summed E-state index contributed by atoms with van der Waals surface area (Å²) in [7, 11) is 0. The van der Waals surface area contributed by atoms with Crippen molar-refractivity contribution < 1.29 is 0 Å². The number of fused-ring (bicyclic) bond motifs is 2. The summed E-state index contributed by atoms with van der Waals surface area (Å²) in [5.74, 6) is 0.852. The van der Waals surface area contributed by atoms with Gasteiger partial charge in [-0.25, -0.2) is 4.98 Å². The quantitative estimate of drug-likeness (QED) is 0.860. The van der Waals surface area contributed by atoms with Gasteiger partial charge in [-0.3, -0.25) is 9.69 Å². The van der Waals surface area contributed by atoms with Crippen molar-refractivity contribution in [3.63, 3.8) is 0 Å². The van der Waals surface area contributed by atoms with Gasteiger partial charge in [-0.05, 0) is 45.1 Å². The Morgan fingerprint density at radius 2 is 1.92 bits per heavy atom. The van der Waals surface area contributed by atoms with Crippen LogP contribution in [-0.4, -0.2) is 34.0 Å². The Kier molecular flexibility index (Phi) is 3.87. The predicted molar refractivity (Wildman–Crippen MR) is 96.6 cm³/mol. The van der Waals surface area contributed by atoms with Crippen molar-refractivity contribution in [1.29, 1.82) is 0 Å². The number of H-pyrrole nitrogens is 1. The molecule has 4 rings (SSSR count). The molecule has 2 heterocycles. The molecule has 1 spiro atoms. The van der Waals surface area contributed by atoms with E-state index in [-0.39, 0.29) is 16.4 Å². The second kappa shape index (κ2) is 5.69. The topological polar surface area (TPSA) is 49.0 Å². The third-order valence-corrected chi connectivity index (χ3v) is 6.53. The van der Waals surface area contributed by atoms with Gasteiger partial charge in [0.2, 0.25) is 0 Å². The van der Waals surface area contributed by atoms with Crippen LogP contribution in [0.4, 0.5) is 0 Å². The molecule has 1 aliphatic heterocycles. The average molecular weight is 329 g/mol. The van der Waals surface area contributed by atoms with E-state index in [2.05, 4.69) is 30.7 Å². The van der Waals surface area contributed by atoms with Crippen molar-refractivity contribution in [3.8, 4) is 0 Å². The largest absolute Gasteiger partial charge is 0.310 e. The number of aromatic amines is 1. The van der Waals surface area contributed by atoms with E-state index < -0.39 is 0 Å². The number of hydrogen-bond acceptors (Lipinski definition) is 3. The fourth-order valence-electron chi connectivity index (χ4n) is 5.15. The summed E-state index contributed by atoms with van der Waals surface area (Å²) in [5.41, 5.74) is 2.23. The summed E-state index contributed by atoms with van der Waals surface area (Å²) in [5, 5.41) is 0. The molecular formula is C20H31N3O. The van der Waals surface area contributed by atoms with E-state index in [0.717, 1.165) is 42.5 Å². The Labute approximate surface area is 145 Å². The van der Waals surface area contributed by atoms with Gasteiger partial charge in [0.15, 0.2) is 0 Å². The number of rotatable bonds is 1. The molecule has 3 aliphatic rings. The third kappa shape index (κ3) is 2.63. The van der Waals surface area contributed by atoms with E-state index in [1.807, 2.05) is 0 Å². The summed E-state index contributed by atoms with van der Waals surface area (Å²) in [4.78, 5) is 23.5. The SMILES string of the molecule is CC(C)(C)c1nc2c(c(=O)[nH]1)CCC21CCCN(C2CCCC2)C1. The van der Waals surface area contributed by atoms with Crippen LogP contribution in [0.5, 0.6) is 0 Å². The van der Waals surface area contributed by atoms with Crippen molar-refractivity contribution >= 4 is 0 Å². The van der Waals surface area contributed by atoms with Crippen molar-refractivity contribution in [2.75, 3.05) is 13.1 Å². The maximum atomic E-state index is 12.6. The fraction of sp³-hybridized carbons (Fsp3) is 0.800. The summed E-state index contributed by atoms with van der Waals surface area (Å²) in [6.07, 6.45) is 9.94. The highest BCUT2D eigenvalue weighted by Crippen LogP contribution is 2.44. The number of nitrogens with zero attached hydrogens (tertiary/aromatic N) is 2. The molecule has 1 unspecified atom stereocenters. The van der Waals surface area contributed by atoms with Gasteiger partial charge in [0.05, 0.1) is 5.69 Å². The van der Waals surface area contributed by atoms with E-state index >= 15 is 0 Å². The maximum absolute atomic E-state index is 12.6. The van der Waals surface area contributed by atoms with Gasteiger partial charge in [0.25, 0.3) is 5.56 Å². The summed E-state index contributed by atoms with van der Waals surface area (Å²) < 4.78 is 0. The van der Waals surface area contributed by atoms with Crippen LogP contribution in [0.25, 0.3) is 0 Å². The lowest BCUT2D eigenvalue weighted by Crippen LogP contribution is -2.49. The molecule has 24 heavy (non-hydrogen) atoms. The fourth-order valence-corrected chi connectivity index (χ4v) is 5.15. The normalized spacial score (nSPS) is 28.6. The van der Waals surface area contributed by atoms with Gasteiger partial charge >= 0.3 is 0 Å². The Bertz CT molecular complexity index is 681. The molecule has 0 amide bonds. The monoisotopic (exact) mass is 329 g/mol. The highest BCUT2D eigenvalue weighted by atomic mass is 16.1. The minimum atomic E-state index is -0.113. The Balaban J connectivity index is 1.71. The Hall–Kier alpha value is -1.16. The second-order valence-corrected chi connectivity index (χ2v) is 9.28. The van der Waals surface area contributed by atoms with Gasteiger partial charge in [0.1, 0.15) is 5.82 Å².